The second kappa shape index (κ2) is 6.92. The van der Waals surface area contributed by atoms with E-state index in [1.807, 2.05) is 24.1 Å². The Bertz CT molecular complexity index is 526. The normalized spacial score (nSPS) is 21.9. The van der Waals surface area contributed by atoms with Gasteiger partial charge in [-0.2, -0.15) is 0 Å². The Labute approximate surface area is 124 Å². The minimum absolute atomic E-state index is 0.0890. The summed E-state index contributed by atoms with van der Waals surface area (Å²) in [6.45, 7) is 2.11. The Kier molecular flexibility index (Phi) is 5.22. The van der Waals surface area contributed by atoms with Crippen LogP contribution in [-0.2, 0) is 0 Å². The highest BCUT2D eigenvalue weighted by atomic mass is 32.1. The van der Waals surface area contributed by atoms with Crippen LogP contribution in [0.5, 0.6) is 0 Å². The van der Waals surface area contributed by atoms with E-state index < -0.39 is 0 Å². The van der Waals surface area contributed by atoms with E-state index in [0.29, 0.717) is 12.0 Å². The fourth-order valence-electron chi connectivity index (χ4n) is 2.74. The summed E-state index contributed by atoms with van der Waals surface area (Å²) in [7, 11) is 1.91. The number of hydrogen-bond donors (Lipinski definition) is 1. The fraction of sp³-hybridized carbons (Fsp3) is 0.562. The summed E-state index contributed by atoms with van der Waals surface area (Å²) in [6, 6.07) is 4.04. The van der Waals surface area contributed by atoms with Gasteiger partial charge in [-0.25, -0.2) is 0 Å². The van der Waals surface area contributed by atoms with Gasteiger partial charge in [-0.1, -0.05) is 31.6 Å². The van der Waals surface area contributed by atoms with Crippen LogP contribution >= 0.6 is 11.3 Å². The quantitative estimate of drug-likeness (QED) is 0.851. The molecule has 0 spiro atoms. The number of amides is 1. The first-order valence-electron chi connectivity index (χ1n) is 7.08. The van der Waals surface area contributed by atoms with Crippen molar-refractivity contribution in [3.63, 3.8) is 0 Å². The van der Waals surface area contributed by atoms with Gasteiger partial charge in [0.05, 0.1) is 9.75 Å². The molecule has 1 N–H and O–H groups in total. The molecule has 1 aromatic heterocycles. The Hall–Kier alpha value is -1.31. The van der Waals surface area contributed by atoms with E-state index in [9.17, 15) is 4.79 Å². The van der Waals surface area contributed by atoms with Gasteiger partial charge in [0.2, 0.25) is 0 Å². The van der Waals surface area contributed by atoms with Crippen molar-refractivity contribution in [3.8, 4) is 11.8 Å². The van der Waals surface area contributed by atoms with Crippen molar-refractivity contribution in [2.75, 3.05) is 13.7 Å². The van der Waals surface area contributed by atoms with Crippen LogP contribution < -0.4 is 0 Å². The summed E-state index contributed by atoms with van der Waals surface area (Å²) in [5.74, 6) is 6.24. The van der Waals surface area contributed by atoms with Crippen molar-refractivity contribution >= 4 is 17.2 Å². The Morgan fingerprint density at radius 1 is 1.50 bits per heavy atom. The average Bonchev–Trinajstić information content (AvgIpc) is 2.92. The molecule has 2 unspecified atom stereocenters. The van der Waals surface area contributed by atoms with Gasteiger partial charge in [0.15, 0.2) is 0 Å². The molecule has 1 amide bonds. The molecule has 1 aliphatic rings. The van der Waals surface area contributed by atoms with Crippen molar-refractivity contribution in [3.05, 3.63) is 21.9 Å². The minimum Gasteiger partial charge on any atom is -0.384 e. The lowest BCUT2D eigenvalue weighted by Gasteiger charge is -2.33. The van der Waals surface area contributed by atoms with Gasteiger partial charge in [0, 0.05) is 13.1 Å². The van der Waals surface area contributed by atoms with Gasteiger partial charge in [-0.15, -0.1) is 11.3 Å². The molecule has 0 saturated heterocycles. The van der Waals surface area contributed by atoms with E-state index in [4.69, 9.17) is 5.11 Å². The van der Waals surface area contributed by atoms with Crippen molar-refractivity contribution < 1.29 is 9.90 Å². The highest BCUT2D eigenvalue weighted by molar-refractivity contribution is 7.14. The summed E-state index contributed by atoms with van der Waals surface area (Å²) < 4.78 is 0. The number of thiophene rings is 1. The van der Waals surface area contributed by atoms with Crippen LogP contribution in [0, 0.1) is 17.8 Å². The number of hydrogen-bond acceptors (Lipinski definition) is 3. The molecule has 1 saturated carbocycles. The first-order chi connectivity index (χ1) is 9.61. The molecule has 0 radical (unpaired) electrons. The Morgan fingerprint density at radius 2 is 2.30 bits per heavy atom. The molecule has 1 aromatic rings. The zero-order chi connectivity index (χ0) is 14.5. The standard InChI is InChI=1S/C16H21NO2S/c1-12-5-3-6-13(11-12)17(2)16(19)15-9-8-14(20-15)7-4-10-18/h8-9,12-13,18H,3,5-6,10-11H2,1-2H3. The number of carbonyl (C=O) groups is 1. The Balaban J connectivity index is 2.04. The zero-order valence-corrected chi connectivity index (χ0v) is 12.9. The molecular weight excluding hydrogens is 270 g/mol. The van der Waals surface area contributed by atoms with Crippen molar-refractivity contribution in [1.29, 1.82) is 0 Å². The lowest BCUT2D eigenvalue weighted by Crippen LogP contribution is -2.39. The lowest BCUT2D eigenvalue weighted by molar-refractivity contribution is 0.0677. The molecule has 4 heteroatoms. The molecule has 108 valence electrons. The topological polar surface area (TPSA) is 40.5 Å². The van der Waals surface area contributed by atoms with Gasteiger partial charge in [-0.05, 0) is 30.9 Å². The molecule has 0 aromatic carbocycles. The molecule has 0 bridgehead atoms. The monoisotopic (exact) mass is 291 g/mol. The zero-order valence-electron chi connectivity index (χ0n) is 12.1. The molecule has 2 rings (SSSR count). The van der Waals surface area contributed by atoms with Crippen LogP contribution in [0.1, 0.15) is 47.2 Å². The van der Waals surface area contributed by atoms with Gasteiger partial charge in [0.1, 0.15) is 6.61 Å². The van der Waals surface area contributed by atoms with Gasteiger partial charge in [0.25, 0.3) is 5.91 Å². The maximum Gasteiger partial charge on any atom is 0.263 e. The third kappa shape index (κ3) is 3.62. The summed E-state index contributed by atoms with van der Waals surface area (Å²) in [5, 5.41) is 8.68. The predicted molar refractivity (Wildman–Crippen MR) is 81.8 cm³/mol. The second-order valence-electron chi connectivity index (χ2n) is 5.47. The van der Waals surface area contributed by atoms with Crippen molar-refractivity contribution in [2.24, 2.45) is 5.92 Å². The van der Waals surface area contributed by atoms with Crippen LogP contribution in [0.3, 0.4) is 0 Å². The molecular formula is C16H21NO2S. The lowest BCUT2D eigenvalue weighted by atomic mass is 9.86. The highest BCUT2D eigenvalue weighted by Gasteiger charge is 2.26. The maximum atomic E-state index is 12.5. The van der Waals surface area contributed by atoms with Crippen molar-refractivity contribution in [2.45, 2.75) is 38.6 Å². The predicted octanol–water partition coefficient (Wildman–Crippen LogP) is 2.74. The number of aliphatic hydroxyl groups excluding tert-OH is 1. The van der Waals surface area contributed by atoms with E-state index in [2.05, 4.69) is 18.8 Å². The third-order valence-electron chi connectivity index (χ3n) is 3.88. The molecule has 2 atom stereocenters. The number of rotatable bonds is 2. The van der Waals surface area contributed by atoms with E-state index in [1.54, 1.807) is 0 Å². The minimum atomic E-state index is -0.152. The molecule has 3 nitrogen and oxygen atoms in total. The van der Waals surface area contributed by atoms with Crippen LogP contribution in [-0.4, -0.2) is 35.6 Å². The number of aliphatic hydroxyl groups is 1. The largest absolute Gasteiger partial charge is 0.384 e. The van der Waals surface area contributed by atoms with E-state index in [0.717, 1.165) is 22.6 Å². The summed E-state index contributed by atoms with van der Waals surface area (Å²) in [4.78, 5) is 15.9. The number of carbonyl (C=O) groups excluding carboxylic acids is 1. The average molecular weight is 291 g/mol. The van der Waals surface area contributed by atoms with Crippen LogP contribution in [0.2, 0.25) is 0 Å². The summed E-state index contributed by atoms with van der Waals surface area (Å²) in [6.07, 6.45) is 4.69. The van der Waals surface area contributed by atoms with E-state index in [-0.39, 0.29) is 12.5 Å². The SMILES string of the molecule is CC1CCCC(N(C)C(=O)c2ccc(C#CCO)s2)C1. The Morgan fingerprint density at radius 3 is 3.00 bits per heavy atom. The van der Waals surface area contributed by atoms with Crippen molar-refractivity contribution in [1.82, 2.24) is 4.90 Å². The van der Waals surface area contributed by atoms with Crippen LogP contribution in [0.15, 0.2) is 12.1 Å². The summed E-state index contributed by atoms with van der Waals surface area (Å²) in [5.41, 5.74) is 0. The molecule has 1 aliphatic carbocycles. The summed E-state index contributed by atoms with van der Waals surface area (Å²) >= 11 is 1.40. The number of nitrogens with zero attached hydrogens (tertiary/aromatic N) is 1. The highest BCUT2D eigenvalue weighted by Crippen LogP contribution is 2.28. The van der Waals surface area contributed by atoms with Gasteiger partial charge in [-0.3, -0.25) is 4.79 Å². The van der Waals surface area contributed by atoms with Crippen LogP contribution in [0.4, 0.5) is 0 Å². The third-order valence-corrected chi connectivity index (χ3v) is 4.87. The van der Waals surface area contributed by atoms with E-state index >= 15 is 0 Å². The second-order valence-corrected chi connectivity index (χ2v) is 6.55. The first kappa shape index (κ1) is 15.1. The first-order valence-corrected chi connectivity index (χ1v) is 7.90. The van der Waals surface area contributed by atoms with E-state index in [1.165, 1.54) is 24.2 Å². The molecule has 1 heterocycles. The molecule has 20 heavy (non-hydrogen) atoms. The van der Waals surface area contributed by atoms with Crippen LogP contribution in [0.25, 0.3) is 0 Å². The van der Waals surface area contributed by atoms with Gasteiger partial charge >= 0.3 is 0 Å². The molecule has 1 fully saturated rings. The smallest absolute Gasteiger partial charge is 0.263 e. The maximum absolute atomic E-state index is 12.5. The van der Waals surface area contributed by atoms with Gasteiger partial charge < -0.3 is 10.0 Å². The molecule has 0 aliphatic heterocycles. The fourth-order valence-corrected chi connectivity index (χ4v) is 3.60.